The maximum Gasteiger partial charge on any atom is 0.403 e. The second kappa shape index (κ2) is 28.0. The first kappa shape index (κ1) is 44.5. The van der Waals surface area contributed by atoms with Crippen molar-refractivity contribution in [2.45, 2.75) is 34.3 Å². The van der Waals surface area contributed by atoms with Crippen LogP contribution < -0.4 is 0 Å². The number of rotatable bonds is 4. The molecule has 0 aliphatic heterocycles. The lowest BCUT2D eigenvalue weighted by Crippen LogP contribution is -1.97. The number of carbonyl (C=O) groups is 2. The van der Waals surface area contributed by atoms with Gasteiger partial charge in [0.15, 0.2) is 0 Å². The molecule has 17 heteroatoms. The van der Waals surface area contributed by atoms with Gasteiger partial charge in [-0.15, -0.1) is 11.6 Å². The zero-order chi connectivity index (χ0) is 29.5. The second-order valence-corrected chi connectivity index (χ2v) is 8.97. The van der Waals surface area contributed by atoms with Crippen molar-refractivity contribution in [3.8, 4) is 0 Å². The van der Waals surface area contributed by atoms with Crippen molar-refractivity contribution in [2.75, 3.05) is 6.61 Å². The molecule has 0 bridgehead atoms. The Kier molecular flexibility index (Phi) is 31.1. The Morgan fingerprint density at radius 2 is 1.27 bits per heavy atom. The van der Waals surface area contributed by atoms with Crippen LogP contribution in [0.5, 0.6) is 0 Å². The van der Waals surface area contributed by atoms with Gasteiger partial charge < -0.3 is 14.9 Å². The van der Waals surface area contributed by atoms with E-state index < -0.39 is 32.3 Å². The molecule has 226 valence electrons. The first-order valence-electron chi connectivity index (χ1n) is 9.62. The molecule has 0 aromatic carbocycles. The minimum atomic E-state index is -1.67. The van der Waals surface area contributed by atoms with E-state index in [4.69, 9.17) is 37.6 Å². The fraction of sp³-hybridized carbons (Fsp3) is 0.261. The first-order valence-corrected chi connectivity index (χ1v) is 13.3. The van der Waals surface area contributed by atoms with Gasteiger partial charge in [0.2, 0.25) is 9.23 Å². The predicted octanol–water partition coefficient (Wildman–Crippen LogP) is 7.29. The molecule has 0 saturated carbocycles. The van der Waals surface area contributed by atoms with Crippen LogP contribution in [0, 0.1) is 17.5 Å². The second-order valence-electron chi connectivity index (χ2n) is 5.87. The Labute approximate surface area is 251 Å². The molecule has 3 heterocycles. The smallest absolute Gasteiger partial charge is 0.403 e. The minimum Gasteiger partial charge on any atom is -0.478 e. The standard InChI is InChI=1S/C6H5ClFN.C6H4FNO2.C6H6FNO.C3H5ClO2.2CH4.Cl2OS/c7-2-5-1-6(8)4-9-3-5;7-5-1-4(6(9)10)2-8-3-5;7-6-1-5(4-9)2-8-3-6;1-2-6-3(4)5;;;1-4(2)3/h1,3-4H,2H2;1-3H,(H,9,10);1-3,9H,4H2;2H2,1H3;2*1H4;. The van der Waals surface area contributed by atoms with E-state index >= 15 is 0 Å². The SMILES string of the molecule is C.C.CCOC(=O)Cl.Fc1cncc(CCl)c1.O=C(O)c1cncc(F)c1.O=S(Cl)Cl.OCc1cncc(F)c1. The van der Waals surface area contributed by atoms with Gasteiger partial charge >= 0.3 is 11.4 Å². The summed E-state index contributed by atoms with van der Waals surface area (Å²) in [6.07, 6.45) is 7.24. The van der Waals surface area contributed by atoms with E-state index in [2.05, 4.69) is 41.1 Å². The molecule has 0 aliphatic carbocycles. The molecule has 0 atom stereocenters. The van der Waals surface area contributed by atoms with E-state index in [-0.39, 0.29) is 32.8 Å². The Balaban J connectivity index is -0.000000206. The monoisotopic (exact) mass is 671 g/mol. The van der Waals surface area contributed by atoms with Crippen molar-refractivity contribution < 1.29 is 41.9 Å². The number of hydrogen-bond donors (Lipinski definition) is 2. The van der Waals surface area contributed by atoms with Crippen LogP contribution in [0.1, 0.15) is 43.3 Å². The number of aliphatic hydroxyl groups excluding tert-OH is 1. The lowest BCUT2D eigenvalue weighted by atomic mass is 10.3. The van der Waals surface area contributed by atoms with Crippen molar-refractivity contribution in [1.82, 2.24) is 15.0 Å². The third-order valence-electron chi connectivity index (χ3n) is 3.07. The van der Waals surface area contributed by atoms with Crippen LogP contribution in [0.25, 0.3) is 0 Å². The molecule has 9 nitrogen and oxygen atoms in total. The van der Waals surface area contributed by atoms with E-state index in [0.29, 0.717) is 23.6 Å². The number of ether oxygens (including phenoxy) is 1. The van der Waals surface area contributed by atoms with Crippen LogP contribution in [0.4, 0.5) is 18.0 Å². The van der Waals surface area contributed by atoms with Gasteiger partial charge in [0.25, 0.3) is 0 Å². The van der Waals surface area contributed by atoms with Gasteiger partial charge in [-0.2, -0.15) is 0 Å². The molecule has 3 aromatic rings. The molecule has 3 aromatic heterocycles. The third-order valence-corrected chi connectivity index (χ3v) is 3.49. The van der Waals surface area contributed by atoms with Gasteiger partial charge in [-0.25, -0.2) is 27.0 Å². The zero-order valence-corrected chi connectivity index (χ0v) is 23.1. The van der Waals surface area contributed by atoms with Crippen LogP contribution in [0.15, 0.2) is 55.4 Å². The molecule has 0 radical (unpaired) electrons. The lowest BCUT2D eigenvalue weighted by molar-refractivity contribution is 0.0695. The molecule has 40 heavy (non-hydrogen) atoms. The largest absolute Gasteiger partial charge is 0.478 e. The van der Waals surface area contributed by atoms with Crippen LogP contribution in [0.3, 0.4) is 0 Å². The van der Waals surface area contributed by atoms with Crippen molar-refractivity contribution in [3.63, 3.8) is 0 Å². The molecule has 0 aliphatic rings. The predicted molar refractivity (Wildman–Crippen MR) is 151 cm³/mol. The highest BCUT2D eigenvalue weighted by Crippen LogP contribution is 2.03. The van der Waals surface area contributed by atoms with Gasteiger partial charge in [0.1, 0.15) is 17.5 Å². The average Bonchev–Trinajstić information content (AvgIpc) is 2.85. The number of carboxylic acids is 1. The van der Waals surface area contributed by atoms with E-state index in [9.17, 15) is 22.8 Å². The first-order chi connectivity index (χ1) is 17.9. The highest BCUT2D eigenvalue weighted by Gasteiger charge is 2.02. The number of aromatic carboxylic acids is 1. The van der Waals surface area contributed by atoms with Crippen LogP contribution in [0.2, 0.25) is 0 Å². The molecule has 0 saturated heterocycles. The number of hydrogen-bond acceptors (Lipinski definition) is 8. The van der Waals surface area contributed by atoms with E-state index in [1.165, 1.54) is 24.5 Å². The molecule has 0 spiro atoms. The molecule has 0 amide bonds. The Bertz CT molecular complexity index is 1090. The Morgan fingerprint density at radius 3 is 1.50 bits per heavy atom. The van der Waals surface area contributed by atoms with Gasteiger partial charge in [-0.1, -0.05) is 14.9 Å². The summed E-state index contributed by atoms with van der Waals surface area (Å²) in [5.41, 5.74) is 0.323. The average molecular weight is 673 g/mol. The highest BCUT2D eigenvalue weighted by atomic mass is 36.0. The number of halogens is 7. The van der Waals surface area contributed by atoms with E-state index in [1.807, 2.05) is 0 Å². The fourth-order valence-electron chi connectivity index (χ4n) is 1.71. The quantitative estimate of drug-likeness (QED) is 0.216. The molecular weight excluding hydrogens is 645 g/mol. The topological polar surface area (TPSA) is 140 Å². The summed E-state index contributed by atoms with van der Waals surface area (Å²) in [7, 11) is 7.36. The van der Waals surface area contributed by atoms with Crippen molar-refractivity contribution in [2.24, 2.45) is 0 Å². The number of nitrogens with zero attached hydrogens (tertiary/aromatic N) is 3. The summed E-state index contributed by atoms with van der Waals surface area (Å²) in [5, 5.41) is 16.8. The molecular formula is C23H28Cl4F3N3O6S. The summed E-state index contributed by atoms with van der Waals surface area (Å²) in [4.78, 5) is 30.2. The normalized spacial score (nSPS) is 8.65. The third kappa shape index (κ3) is 28.5. The van der Waals surface area contributed by atoms with E-state index in [0.717, 1.165) is 30.9 Å². The minimum absolute atomic E-state index is 0. The van der Waals surface area contributed by atoms with Crippen molar-refractivity contribution in [1.29, 1.82) is 0 Å². The summed E-state index contributed by atoms with van der Waals surface area (Å²) >= 11 is 10.1. The number of aromatic nitrogens is 3. The summed E-state index contributed by atoms with van der Waals surface area (Å²) in [5.74, 6) is -2.26. The summed E-state index contributed by atoms with van der Waals surface area (Å²) in [6, 6.07) is 3.52. The number of aliphatic hydroxyl groups is 1. The number of carbonyl (C=O) groups excluding carboxylic acids is 1. The van der Waals surface area contributed by atoms with Gasteiger partial charge in [-0.05, 0) is 36.2 Å². The highest BCUT2D eigenvalue weighted by molar-refractivity contribution is 8.26. The number of alkyl halides is 1. The summed E-state index contributed by atoms with van der Waals surface area (Å²) in [6.45, 7) is 1.88. The number of carboxylic acid groups (broad SMARTS) is 1. The fourth-order valence-corrected chi connectivity index (χ4v) is 1.97. The van der Waals surface area contributed by atoms with Gasteiger partial charge in [0, 0.05) is 57.4 Å². The molecule has 0 unspecified atom stereocenters. The van der Waals surface area contributed by atoms with Crippen molar-refractivity contribution >= 4 is 65.2 Å². The maximum atomic E-state index is 12.2. The molecule has 2 N–H and O–H groups in total. The van der Waals surface area contributed by atoms with E-state index in [1.54, 1.807) is 6.92 Å². The Morgan fingerprint density at radius 1 is 0.875 bits per heavy atom. The number of pyridine rings is 3. The van der Waals surface area contributed by atoms with Crippen molar-refractivity contribution in [3.05, 3.63) is 89.5 Å². The summed E-state index contributed by atoms with van der Waals surface area (Å²) < 4.78 is 49.9. The van der Waals surface area contributed by atoms with Crippen LogP contribution in [-0.4, -0.2) is 47.4 Å². The van der Waals surface area contributed by atoms with Gasteiger partial charge in [-0.3, -0.25) is 15.0 Å². The molecule has 3 rings (SSSR count). The van der Waals surface area contributed by atoms with Gasteiger partial charge in [0.05, 0.1) is 37.4 Å². The Hall–Kier alpha value is -2.55. The molecule has 0 fully saturated rings. The van der Waals surface area contributed by atoms with Crippen LogP contribution >= 0.6 is 44.6 Å². The lowest BCUT2D eigenvalue weighted by Gasteiger charge is -1.91. The van der Waals surface area contributed by atoms with Crippen LogP contribution in [-0.2, 0) is 26.5 Å². The zero-order valence-electron chi connectivity index (χ0n) is 19.2. The maximum absolute atomic E-state index is 12.2.